The smallest absolute Gasteiger partial charge is 0.354 e. The van der Waals surface area contributed by atoms with Crippen molar-refractivity contribution in [1.29, 1.82) is 0 Å². The fourth-order valence-corrected chi connectivity index (χ4v) is 1.85. The van der Waals surface area contributed by atoms with Crippen LogP contribution in [0.4, 0.5) is 5.69 Å². The van der Waals surface area contributed by atoms with E-state index in [2.05, 4.69) is 34.1 Å². The Kier molecular flexibility index (Phi) is 3.80. The number of rotatable bonds is 4. The summed E-state index contributed by atoms with van der Waals surface area (Å²) in [7, 11) is 1.98. The largest absolute Gasteiger partial charge is 0.477 e. The summed E-state index contributed by atoms with van der Waals surface area (Å²) < 4.78 is 0. The molecule has 0 atom stereocenters. The van der Waals surface area contributed by atoms with Crippen LogP contribution in [0.1, 0.15) is 21.6 Å². The Morgan fingerprint density at radius 3 is 2.58 bits per heavy atom. The normalized spacial score (nSPS) is 10.2. The maximum absolute atomic E-state index is 10.9. The molecule has 0 saturated carbocycles. The Morgan fingerprint density at radius 2 is 1.95 bits per heavy atom. The van der Waals surface area contributed by atoms with Crippen molar-refractivity contribution in [2.45, 2.75) is 13.5 Å². The minimum atomic E-state index is -1.00. The van der Waals surface area contributed by atoms with Crippen molar-refractivity contribution in [2.75, 3.05) is 11.9 Å². The second-order valence-electron chi connectivity index (χ2n) is 4.55. The molecule has 0 aliphatic heterocycles. The Morgan fingerprint density at radius 1 is 1.26 bits per heavy atom. The molecule has 0 spiro atoms. The highest BCUT2D eigenvalue weighted by Crippen LogP contribution is 2.16. The molecule has 1 heterocycles. The van der Waals surface area contributed by atoms with Crippen molar-refractivity contribution in [3.63, 3.8) is 0 Å². The average Bonchev–Trinajstić information content (AvgIpc) is 2.39. The molecule has 0 aliphatic rings. The fraction of sp³-hybridized carbons (Fsp3) is 0.200. The van der Waals surface area contributed by atoms with E-state index < -0.39 is 5.97 Å². The standard InChI is InChI=1S/C15H16N2O2/c1-11-3-5-13(6-4-11)17(2)10-12-7-8-16-14(9-12)15(18)19/h3-9H,10H2,1-2H3,(H,18,19). The van der Waals surface area contributed by atoms with Crippen LogP contribution in [0.25, 0.3) is 0 Å². The van der Waals surface area contributed by atoms with Crippen LogP contribution in [-0.4, -0.2) is 23.1 Å². The van der Waals surface area contributed by atoms with Crippen molar-refractivity contribution >= 4 is 11.7 Å². The predicted octanol–water partition coefficient (Wildman–Crippen LogP) is 2.72. The molecule has 0 fully saturated rings. The zero-order valence-corrected chi connectivity index (χ0v) is 11.0. The van der Waals surface area contributed by atoms with Gasteiger partial charge in [-0.05, 0) is 36.8 Å². The molecule has 4 nitrogen and oxygen atoms in total. The monoisotopic (exact) mass is 256 g/mol. The van der Waals surface area contributed by atoms with E-state index in [0.717, 1.165) is 11.3 Å². The number of benzene rings is 1. The van der Waals surface area contributed by atoms with E-state index in [1.807, 2.05) is 20.0 Å². The minimum Gasteiger partial charge on any atom is -0.477 e. The summed E-state index contributed by atoms with van der Waals surface area (Å²) in [6, 6.07) is 11.6. The van der Waals surface area contributed by atoms with Gasteiger partial charge in [0.25, 0.3) is 0 Å². The van der Waals surface area contributed by atoms with Crippen molar-refractivity contribution in [2.24, 2.45) is 0 Å². The quantitative estimate of drug-likeness (QED) is 0.913. The molecular weight excluding hydrogens is 240 g/mol. The molecule has 0 amide bonds. The van der Waals surface area contributed by atoms with Crippen LogP contribution in [0.15, 0.2) is 42.6 Å². The molecule has 0 radical (unpaired) electrons. The summed E-state index contributed by atoms with van der Waals surface area (Å²) in [6.07, 6.45) is 1.53. The second-order valence-corrected chi connectivity index (χ2v) is 4.55. The van der Waals surface area contributed by atoms with E-state index >= 15 is 0 Å². The highest BCUT2D eigenvalue weighted by Gasteiger charge is 2.07. The predicted molar refractivity (Wildman–Crippen MR) is 74.5 cm³/mol. The van der Waals surface area contributed by atoms with Gasteiger partial charge in [0.05, 0.1) is 0 Å². The highest BCUT2D eigenvalue weighted by atomic mass is 16.4. The lowest BCUT2D eigenvalue weighted by molar-refractivity contribution is 0.0690. The van der Waals surface area contributed by atoms with E-state index in [9.17, 15) is 4.79 Å². The molecule has 0 unspecified atom stereocenters. The Labute approximate surface area is 112 Å². The number of anilines is 1. The van der Waals surface area contributed by atoms with Crippen molar-refractivity contribution < 1.29 is 9.90 Å². The SMILES string of the molecule is Cc1ccc(N(C)Cc2ccnc(C(=O)O)c2)cc1. The van der Waals surface area contributed by atoms with Gasteiger partial charge in [-0.3, -0.25) is 0 Å². The number of aromatic carboxylic acids is 1. The molecule has 0 aliphatic carbocycles. The number of carbonyl (C=O) groups is 1. The Hall–Kier alpha value is -2.36. The molecule has 98 valence electrons. The summed E-state index contributed by atoms with van der Waals surface area (Å²) in [6.45, 7) is 2.69. The van der Waals surface area contributed by atoms with E-state index in [4.69, 9.17) is 5.11 Å². The first-order chi connectivity index (χ1) is 9.06. The minimum absolute atomic E-state index is 0.0785. The number of pyridine rings is 1. The lowest BCUT2D eigenvalue weighted by Crippen LogP contribution is -2.16. The average molecular weight is 256 g/mol. The maximum atomic E-state index is 10.9. The molecule has 0 bridgehead atoms. The van der Waals surface area contributed by atoms with Gasteiger partial charge in [0, 0.05) is 25.5 Å². The molecule has 4 heteroatoms. The lowest BCUT2D eigenvalue weighted by atomic mass is 10.2. The zero-order valence-electron chi connectivity index (χ0n) is 11.0. The number of aryl methyl sites for hydroxylation is 1. The number of carboxylic acid groups (broad SMARTS) is 1. The third kappa shape index (κ3) is 3.31. The van der Waals surface area contributed by atoms with E-state index in [-0.39, 0.29) is 5.69 Å². The molecule has 2 aromatic rings. The van der Waals surface area contributed by atoms with E-state index in [0.29, 0.717) is 6.54 Å². The zero-order chi connectivity index (χ0) is 13.8. The summed E-state index contributed by atoms with van der Waals surface area (Å²) >= 11 is 0. The van der Waals surface area contributed by atoms with Crippen LogP contribution in [0, 0.1) is 6.92 Å². The molecule has 1 N–H and O–H groups in total. The van der Waals surface area contributed by atoms with Gasteiger partial charge in [-0.15, -0.1) is 0 Å². The van der Waals surface area contributed by atoms with Crippen LogP contribution in [0.2, 0.25) is 0 Å². The highest BCUT2D eigenvalue weighted by molar-refractivity contribution is 5.85. The van der Waals surface area contributed by atoms with E-state index in [1.54, 1.807) is 6.07 Å². The van der Waals surface area contributed by atoms with Gasteiger partial charge in [0.15, 0.2) is 0 Å². The van der Waals surface area contributed by atoms with Gasteiger partial charge in [-0.2, -0.15) is 0 Å². The summed E-state index contributed by atoms with van der Waals surface area (Å²) in [5.74, 6) is -1.00. The molecule has 0 saturated heterocycles. The number of aromatic nitrogens is 1. The summed E-state index contributed by atoms with van der Waals surface area (Å²) in [5, 5.41) is 8.91. The first-order valence-corrected chi connectivity index (χ1v) is 6.02. The van der Waals surface area contributed by atoms with Gasteiger partial charge in [0.1, 0.15) is 5.69 Å². The fourth-order valence-electron chi connectivity index (χ4n) is 1.85. The Bertz CT molecular complexity index is 579. The van der Waals surface area contributed by atoms with Crippen LogP contribution < -0.4 is 4.90 Å². The summed E-state index contributed by atoms with van der Waals surface area (Å²) in [4.78, 5) is 16.8. The number of carboxylic acids is 1. The lowest BCUT2D eigenvalue weighted by Gasteiger charge is -2.19. The third-order valence-corrected chi connectivity index (χ3v) is 2.94. The van der Waals surface area contributed by atoms with Crippen LogP contribution in [-0.2, 0) is 6.54 Å². The Balaban J connectivity index is 2.14. The number of nitrogens with zero attached hydrogens (tertiary/aromatic N) is 2. The van der Waals surface area contributed by atoms with E-state index in [1.165, 1.54) is 11.8 Å². The molecular formula is C15H16N2O2. The first-order valence-electron chi connectivity index (χ1n) is 6.02. The molecule has 1 aromatic heterocycles. The van der Waals surface area contributed by atoms with Gasteiger partial charge in [-0.1, -0.05) is 17.7 Å². The number of hydrogen-bond acceptors (Lipinski definition) is 3. The van der Waals surface area contributed by atoms with Gasteiger partial charge in [0.2, 0.25) is 0 Å². The number of hydrogen-bond donors (Lipinski definition) is 1. The molecule has 2 rings (SSSR count). The van der Waals surface area contributed by atoms with Crippen molar-refractivity contribution in [3.05, 3.63) is 59.4 Å². The van der Waals surface area contributed by atoms with Crippen LogP contribution >= 0.6 is 0 Å². The van der Waals surface area contributed by atoms with Gasteiger partial charge < -0.3 is 10.0 Å². The summed E-state index contributed by atoms with van der Waals surface area (Å²) in [5.41, 5.74) is 3.32. The van der Waals surface area contributed by atoms with Crippen molar-refractivity contribution in [1.82, 2.24) is 4.98 Å². The van der Waals surface area contributed by atoms with Crippen LogP contribution in [0.5, 0.6) is 0 Å². The van der Waals surface area contributed by atoms with Gasteiger partial charge >= 0.3 is 5.97 Å². The van der Waals surface area contributed by atoms with Gasteiger partial charge in [-0.25, -0.2) is 9.78 Å². The molecule has 19 heavy (non-hydrogen) atoms. The van der Waals surface area contributed by atoms with Crippen molar-refractivity contribution in [3.8, 4) is 0 Å². The second kappa shape index (κ2) is 5.52. The maximum Gasteiger partial charge on any atom is 0.354 e. The molecule has 1 aromatic carbocycles. The van der Waals surface area contributed by atoms with Crippen LogP contribution in [0.3, 0.4) is 0 Å². The first kappa shape index (κ1) is 13.1. The third-order valence-electron chi connectivity index (χ3n) is 2.94. The topological polar surface area (TPSA) is 53.4 Å².